The van der Waals surface area contributed by atoms with E-state index in [1.165, 1.54) is 21.3 Å². The van der Waals surface area contributed by atoms with Crippen molar-refractivity contribution in [3.05, 3.63) is 52.4 Å². The SMILES string of the molecule is COc1cc(NC(=O)NC([CH]CCO)C(C)CCc2ccc(Cl)c(Cl)c2)cc(OC)c1OC. The minimum Gasteiger partial charge on any atom is -0.493 e. The molecule has 0 fully saturated rings. The molecule has 0 aliphatic carbocycles. The van der Waals surface area contributed by atoms with Crippen molar-refractivity contribution < 1.29 is 24.1 Å². The van der Waals surface area contributed by atoms with Gasteiger partial charge in [0, 0.05) is 24.8 Å². The Kier molecular flexibility index (Phi) is 10.9. The summed E-state index contributed by atoms with van der Waals surface area (Å²) in [5.74, 6) is 1.42. The number of carbonyl (C=O) groups is 1. The van der Waals surface area contributed by atoms with Crippen molar-refractivity contribution in [1.82, 2.24) is 5.32 Å². The van der Waals surface area contributed by atoms with Crippen LogP contribution in [0.4, 0.5) is 10.5 Å². The first-order chi connectivity index (χ1) is 15.8. The summed E-state index contributed by atoms with van der Waals surface area (Å²) in [6.45, 7) is 2.06. The summed E-state index contributed by atoms with van der Waals surface area (Å²) in [5, 5.41) is 16.1. The van der Waals surface area contributed by atoms with E-state index in [4.69, 9.17) is 37.4 Å². The Bertz CT molecular complexity index is 901. The average molecular weight is 498 g/mol. The van der Waals surface area contributed by atoms with Crippen LogP contribution in [0.3, 0.4) is 0 Å². The summed E-state index contributed by atoms with van der Waals surface area (Å²) < 4.78 is 16.0. The highest BCUT2D eigenvalue weighted by atomic mass is 35.5. The number of nitrogens with one attached hydrogen (secondary N) is 2. The van der Waals surface area contributed by atoms with Crippen molar-refractivity contribution in [2.75, 3.05) is 33.3 Å². The van der Waals surface area contributed by atoms with Gasteiger partial charge in [0.2, 0.25) is 5.75 Å². The quantitative estimate of drug-likeness (QED) is 0.367. The first kappa shape index (κ1) is 26.9. The second-order valence-electron chi connectivity index (χ2n) is 7.55. The average Bonchev–Trinajstić information content (AvgIpc) is 2.81. The Balaban J connectivity index is 2.06. The molecule has 0 aliphatic heterocycles. The molecule has 0 saturated carbocycles. The molecule has 9 heteroatoms. The standard InChI is InChI=1S/C24H31Cl2N2O5/c1-15(7-8-16-9-10-18(25)19(26)12-16)20(6-5-11-29)28-24(30)27-17-13-21(31-2)23(33-4)22(14-17)32-3/h6,9-10,12-15,20,29H,5,7-8,11H2,1-4H3,(H2,27,28,30). The van der Waals surface area contributed by atoms with Crippen LogP contribution in [0.1, 0.15) is 25.3 Å². The highest BCUT2D eigenvalue weighted by Gasteiger charge is 2.21. The van der Waals surface area contributed by atoms with Crippen LogP contribution >= 0.6 is 23.2 Å². The Morgan fingerprint density at radius 2 is 1.73 bits per heavy atom. The van der Waals surface area contributed by atoms with Gasteiger partial charge < -0.3 is 30.0 Å². The monoisotopic (exact) mass is 497 g/mol. The number of halogens is 2. The maximum atomic E-state index is 12.8. The predicted molar refractivity (Wildman–Crippen MR) is 132 cm³/mol. The summed E-state index contributed by atoms with van der Waals surface area (Å²) in [7, 11) is 4.54. The number of hydrogen-bond donors (Lipinski definition) is 3. The fraction of sp³-hybridized carbons (Fsp3) is 0.417. The van der Waals surface area contributed by atoms with Crippen LogP contribution in [0.5, 0.6) is 17.2 Å². The lowest BCUT2D eigenvalue weighted by atomic mass is 9.91. The molecule has 0 saturated heterocycles. The largest absolute Gasteiger partial charge is 0.493 e. The molecule has 0 heterocycles. The fourth-order valence-electron chi connectivity index (χ4n) is 3.43. The summed E-state index contributed by atoms with van der Waals surface area (Å²) in [6, 6.07) is 8.25. The molecule has 33 heavy (non-hydrogen) atoms. The normalized spacial score (nSPS) is 12.6. The maximum Gasteiger partial charge on any atom is 0.319 e. The van der Waals surface area contributed by atoms with E-state index >= 15 is 0 Å². The van der Waals surface area contributed by atoms with E-state index < -0.39 is 0 Å². The molecule has 7 nitrogen and oxygen atoms in total. The Morgan fingerprint density at radius 3 is 2.27 bits per heavy atom. The van der Waals surface area contributed by atoms with Gasteiger partial charge in [0.05, 0.1) is 37.1 Å². The molecule has 2 rings (SSSR count). The first-order valence-corrected chi connectivity index (χ1v) is 11.3. The lowest BCUT2D eigenvalue weighted by Gasteiger charge is -2.25. The third-order valence-corrected chi connectivity index (χ3v) is 5.99. The van der Waals surface area contributed by atoms with Gasteiger partial charge >= 0.3 is 6.03 Å². The summed E-state index contributed by atoms with van der Waals surface area (Å²) in [4.78, 5) is 12.8. The van der Waals surface area contributed by atoms with Crippen LogP contribution in [-0.4, -0.2) is 45.1 Å². The lowest BCUT2D eigenvalue weighted by Crippen LogP contribution is -2.42. The molecule has 3 N–H and O–H groups in total. The number of rotatable bonds is 12. The molecular weight excluding hydrogens is 467 g/mol. The Hall–Kier alpha value is -2.35. The lowest BCUT2D eigenvalue weighted by molar-refractivity contribution is 0.242. The summed E-state index contributed by atoms with van der Waals surface area (Å²) in [5.41, 5.74) is 1.56. The van der Waals surface area contributed by atoms with Gasteiger partial charge in [0.25, 0.3) is 0 Å². The molecule has 0 aliphatic rings. The van der Waals surface area contributed by atoms with Gasteiger partial charge in [-0.15, -0.1) is 0 Å². The topological polar surface area (TPSA) is 89.1 Å². The third-order valence-electron chi connectivity index (χ3n) is 5.26. The predicted octanol–water partition coefficient (Wildman–Crippen LogP) is 5.36. The number of carbonyl (C=O) groups excluding carboxylic acids is 1. The zero-order valence-corrected chi connectivity index (χ0v) is 20.8. The first-order valence-electron chi connectivity index (χ1n) is 10.6. The molecule has 0 bridgehead atoms. The van der Waals surface area contributed by atoms with E-state index in [9.17, 15) is 9.90 Å². The molecule has 2 unspecified atom stereocenters. The van der Waals surface area contributed by atoms with E-state index in [1.807, 2.05) is 18.6 Å². The number of hydrogen-bond acceptors (Lipinski definition) is 5. The van der Waals surface area contributed by atoms with Gasteiger partial charge in [-0.1, -0.05) is 36.2 Å². The fourth-order valence-corrected chi connectivity index (χ4v) is 3.75. The number of benzene rings is 2. The van der Waals surface area contributed by atoms with Crippen molar-refractivity contribution in [2.24, 2.45) is 5.92 Å². The van der Waals surface area contributed by atoms with Gasteiger partial charge in [0.15, 0.2) is 11.5 Å². The van der Waals surface area contributed by atoms with Gasteiger partial charge in [-0.3, -0.25) is 0 Å². The van der Waals surface area contributed by atoms with E-state index in [1.54, 1.807) is 18.2 Å². The molecule has 181 valence electrons. The van der Waals surface area contributed by atoms with Crippen molar-refractivity contribution in [3.63, 3.8) is 0 Å². The van der Waals surface area contributed by atoms with Crippen LogP contribution in [0.25, 0.3) is 0 Å². The molecule has 1 radical (unpaired) electrons. The van der Waals surface area contributed by atoms with Crippen LogP contribution in [0.15, 0.2) is 30.3 Å². The smallest absolute Gasteiger partial charge is 0.319 e. The van der Waals surface area contributed by atoms with Gasteiger partial charge in [0.1, 0.15) is 0 Å². The minimum absolute atomic E-state index is 0.00614. The van der Waals surface area contributed by atoms with Crippen molar-refractivity contribution >= 4 is 34.9 Å². The van der Waals surface area contributed by atoms with E-state index in [-0.39, 0.29) is 24.6 Å². The molecule has 2 amide bonds. The highest BCUT2D eigenvalue weighted by Crippen LogP contribution is 2.39. The third kappa shape index (κ3) is 7.88. The molecule has 0 spiro atoms. The number of ether oxygens (including phenoxy) is 3. The highest BCUT2D eigenvalue weighted by molar-refractivity contribution is 6.42. The zero-order chi connectivity index (χ0) is 24.4. The Labute approximate surface area is 205 Å². The molecule has 2 atom stereocenters. The van der Waals surface area contributed by atoms with Crippen LogP contribution in [0, 0.1) is 12.3 Å². The van der Waals surface area contributed by atoms with Crippen LogP contribution in [0.2, 0.25) is 10.0 Å². The van der Waals surface area contributed by atoms with Crippen molar-refractivity contribution in [2.45, 2.75) is 32.2 Å². The van der Waals surface area contributed by atoms with Crippen LogP contribution < -0.4 is 24.8 Å². The molecule has 2 aromatic rings. The summed E-state index contributed by atoms with van der Waals surface area (Å²) >= 11 is 12.1. The van der Waals surface area contributed by atoms with E-state index in [2.05, 4.69) is 17.6 Å². The number of aryl methyl sites for hydroxylation is 1. The van der Waals surface area contributed by atoms with Gasteiger partial charge in [-0.2, -0.15) is 0 Å². The van der Waals surface area contributed by atoms with E-state index in [0.717, 1.165) is 18.4 Å². The summed E-state index contributed by atoms with van der Waals surface area (Å²) in [6.07, 6.45) is 3.95. The van der Waals surface area contributed by atoms with Gasteiger partial charge in [-0.05, 0) is 49.3 Å². The van der Waals surface area contributed by atoms with Crippen molar-refractivity contribution in [1.29, 1.82) is 0 Å². The Morgan fingerprint density at radius 1 is 1.06 bits per heavy atom. The van der Waals surface area contributed by atoms with Crippen molar-refractivity contribution in [3.8, 4) is 17.2 Å². The number of anilines is 1. The number of methoxy groups -OCH3 is 3. The number of amides is 2. The second kappa shape index (κ2) is 13.4. The maximum absolute atomic E-state index is 12.8. The molecule has 2 aromatic carbocycles. The van der Waals surface area contributed by atoms with Crippen LogP contribution in [-0.2, 0) is 6.42 Å². The van der Waals surface area contributed by atoms with E-state index in [0.29, 0.717) is 39.4 Å². The molecule has 0 aromatic heterocycles. The number of urea groups is 1. The minimum atomic E-state index is -0.384. The van der Waals surface area contributed by atoms with Gasteiger partial charge in [-0.25, -0.2) is 4.79 Å². The number of aliphatic hydroxyl groups excluding tert-OH is 1. The number of aliphatic hydroxyl groups is 1. The zero-order valence-electron chi connectivity index (χ0n) is 19.3. The molecular formula is C24H31Cl2N2O5. The second-order valence-corrected chi connectivity index (χ2v) is 8.37.